The molecule has 0 heterocycles. The van der Waals surface area contributed by atoms with Crippen LogP contribution in [-0.2, 0) is 12.4 Å². The normalized spacial score (nSPS) is 10.5. The van der Waals surface area contributed by atoms with Crippen molar-refractivity contribution in [2.45, 2.75) is 26.3 Å². The molecule has 2 aromatic rings. The Labute approximate surface area is 120 Å². The molecule has 100 valence electrons. The predicted molar refractivity (Wildman–Crippen MR) is 84.0 cm³/mol. The van der Waals surface area contributed by atoms with Gasteiger partial charge in [0.15, 0.2) is 0 Å². The number of nitrogens with zero attached hydrogens (tertiary/aromatic N) is 1. The van der Waals surface area contributed by atoms with E-state index in [0.717, 1.165) is 6.54 Å². The number of anilines is 1. The second-order valence-corrected chi connectivity index (χ2v) is 5.37. The van der Waals surface area contributed by atoms with Crippen LogP contribution in [0.3, 0.4) is 0 Å². The zero-order chi connectivity index (χ0) is 13.8. The smallest absolute Gasteiger partial charge is 0.0494 e. The average Bonchev–Trinajstić information content (AvgIpc) is 2.41. The highest BCUT2D eigenvalue weighted by Gasteiger charge is 2.07. The topological polar surface area (TPSA) is 3.24 Å². The molecule has 0 spiro atoms. The molecule has 0 aliphatic heterocycles. The maximum atomic E-state index is 6.05. The van der Waals surface area contributed by atoms with Crippen LogP contribution in [0.1, 0.15) is 22.3 Å². The first-order valence-electron chi connectivity index (χ1n) is 6.52. The van der Waals surface area contributed by atoms with E-state index in [1.54, 1.807) is 0 Å². The van der Waals surface area contributed by atoms with Crippen molar-refractivity contribution >= 4 is 17.3 Å². The molecule has 0 atom stereocenters. The van der Waals surface area contributed by atoms with E-state index in [9.17, 15) is 0 Å². The van der Waals surface area contributed by atoms with Gasteiger partial charge in [0.25, 0.3) is 0 Å². The van der Waals surface area contributed by atoms with Crippen molar-refractivity contribution in [2.75, 3.05) is 11.9 Å². The lowest BCUT2D eigenvalue weighted by molar-refractivity contribution is 0.914. The number of halogens is 1. The molecule has 0 saturated carbocycles. The summed E-state index contributed by atoms with van der Waals surface area (Å²) in [6.45, 7) is 5.10. The molecule has 1 nitrogen and oxygen atoms in total. The van der Waals surface area contributed by atoms with Crippen LogP contribution in [0.5, 0.6) is 0 Å². The van der Waals surface area contributed by atoms with Crippen LogP contribution >= 0.6 is 11.6 Å². The Kier molecular flexibility index (Phi) is 4.49. The second-order valence-electron chi connectivity index (χ2n) is 5.11. The lowest BCUT2D eigenvalue weighted by Crippen LogP contribution is -2.17. The molecule has 0 unspecified atom stereocenters. The van der Waals surface area contributed by atoms with Gasteiger partial charge in [0.2, 0.25) is 0 Å². The lowest BCUT2D eigenvalue weighted by Gasteiger charge is -2.22. The second kappa shape index (κ2) is 6.12. The third kappa shape index (κ3) is 3.51. The number of hydrogen-bond donors (Lipinski definition) is 0. The Balaban J connectivity index is 2.19. The summed E-state index contributed by atoms with van der Waals surface area (Å²) in [5.41, 5.74) is 6.26. The van der Waals surface area contributed by atoms with Gasteiger partial charge in [0.05, 0.1) is 0 Å². The van der Waals surface area contributed by atoms with Gasteiger partial charge in [-0.1, -0.05) is 47.5 Å². The Morgan fingerprint density at radius 3 is 2.21 bits per heavy atom. The summed E-state index contributed by atoms with van der Waals surface area (Å²) in [5, 5.41) is 0. The number of hydrogen-bond acceptors (Lipinski definition) is 1. The lowest BCUT2D eigenvalue weighted by atomic mass is 10.1. The number of rotatable bonds is 4. The average molecular weight is 274 g/mol. The highest BCUT2D eigenvalue weighted by atomic mass is 35.5. The number of benzene rings is 2. The number of aryl methyl sites for hydroxylation is 2. The minimum atomic E-state index is 0.551. The third-order valence-corrected chi connectivity index (χ3v) is 3.62. The summed E-state index contributed by atoms with van der Waals surface area (Å²) in [7, 11) is 2.11. The number of alkyl halides is 1. The van der Waals surface area contributed by atoms with E-state index in [-0.39, 0.29) is 0 Å². The molecule has 0 aliphatic carbocycles. The van der Waals surface area contributed by atoms with Gasteiger partial charge in [-0.3, -0.25) is 0 Å². The van der Waals surface area contributed by atoms with Crippen molar-refractivity contribution in [1.29, 1.82) is 0 Å². The van der Waals surface area contributed by atoms with Gasteiger partial charge in [0, 0.05) is 25.2 Å². The van der Waals surface area contributed by atoms with Crippen LogP contribution in [0.2, 0.25) is 0 Å². The summed E-state index contributed by atoms with van der Waals surface area (Å²) < 4.78 is 0. The summed E-state index contributed by atoms with van der Waals surface area (Å²) >= 11 is 6.05. The SMILES string of the molecule is Cc1ccc(CN(C)c2ccc(C)cc2CCl)cc1. The summed E-state index contributed by atoms with van der Waals surface area (Å²) in [6, 6.07) is 15.1. The fourth-order valence-corrected chi connectivity index (χ4v) is 2.46. The fourth-order valence-electron chi connectivity index (χ4n) is 2.25. The van der Waals surface area contributed by atoms with Crippen LogP contribution in [0, 0.1) is 13.8 Å². The van der Waals surface area contributed by atoms with E-state index in [1.165, 1.54) is 27.9 Å². The highest BCUT2D eigenvalue weighted by Crippen LogP contribution is 2.24. The van der Waals surface area contributed by atoms with E-state index < -0.39 is 0 Å². The molecule has 0 radical (unpaired) electrons. The largest absolute Gasteiger partial charge is 0.370 e. The van der Waals surface area contributed by atoms with Crippen LogP contribution < -0.4 is 4.90 Å². The zero-order valence-electron chi connectivity index (χ0n) is 11.8. The Morgan fingerprint density at radius 2 is 1.58 bits per heavy atom. The van der Waals surface area contributed by atoms with E-state index >= 15 is 0 Å². The quantitative estimate of drug-likeness (QED) is 0.731. The van der Waals surface area contributed by atoms with Crippen LogP contribution in [0.15, 0.2) is 42.5 Å². The van der Waals surface area contributed by atoms with Gasteiger partial charge in [-0.25, -0.2) is 0 Å². The van der Waals surface area contributed by atoms with Crippen LogP contribution in [-0.4, -0.2) is 7.05 Å². The molecule has 2 aromatic carbocycles. The molecule has 19 heavy (non-hydrogen) atoms. The first-order chi connectivity index (χ1) is 9.10. The molecule has 0 saturated heterocycles. The van der Waals surface area contributed by atoms with Gasteiger partial charge in [-0.05, 0) is 31.0 Å². The zero-order valence-corrected chi connectivity index (χ0v) is 12.5. The first-order valence-corrected chi connectivity index (χ1v) is 7.06. The van der Waals surface area contributed by atoms with E-state index in [2.05, 4.69) is 68.3 Å². The van der Waals surface area contributed by atoms with Crippen molar-refractivity contribution in [1.82, 2.24) is 0 Å². The third-order valence-electron chi connectivity index (χ3n) is 3.33. The van der Waals surface area contributed by atoms with E-state index in [4.69, 9.17) is 11.6 Å². The molecule has 0 aliphatic rings. The van der Waals surface area contributed by atoms with Crippen molar-refractivity contribution in [3.63, 3.8) is 0 Å². The minimum absolute atomic E-state index is 0.551. The maximum absolute atomic E-state index is 6.05. The summed E-state index contributed by atoms with van der Waals surface area (Å²) in [6.07, 6.45) is 0. The molecule has 0 N–H and O–H groups in total. The molecule has 2 rings (SSSR count). The Hall–Kier alpha value is -1.47. The summed E-state index contributed by atoms with van der Waals surface area (Å²) in [4.78, 5) is 2.25. The fraction of sp³-hybridized carbons (Fsp3) is 0.294. The molecular weight excluding hydrogens is 254 g/mol. The van der Waals surface area contributed by atoms with Gasteiger partial charge in [-0.15, -0.1) is 11.6 Å². The molecule has 0 amide bonds. The molecule has 0 aromatic heterocycles. The molecular formula is C17H20ClN. The Bertz CT molecular complexity index is 546. The minimum Gasteiger partial charge on any atom is -0.370 e. The van der Waals surface area contributed by atoms with Crippen LogP contribution in [0.4, 0.5) is 5.69 Å². The Morgan fingerprint density at radius 1 is 0.947 bits per heavy atom. The summed E-state index contributed by atoms with van der Waals surface area (Å²) in [5.74, 6) is 0.551. The highest BCUT2D eigenvalue weighted by molar-refractivity contribution is 6.17. The standard InChI is InChI=1S/C17H20ClN/c1-13-4-7-15(8-5-13)12-19(3)17-9-6-14(2)10-16(17)11-18/h4-10H,11-12H2,1-3H3. The monoisotopic (exact) mass is 273 g/mol. The molecule has 0 bridgehead atoms. The van der Waals surface area contributed by atoms with Gasteiger partial charge in [-0.2, -0.15) is 0 Å². The van der Waals surface area contributed by atoms with Gasteiger partial charge >= 0.3 is 0 Å². The maximum Gasteiger partial charge on any atom is 0.0494 e. The first kappa shape index (κ1) is 14.0. The van der Waals surface area contributed by atoms with E-state index in [0.29, 0.717) is 5.88 Å². The van der Waals surface area contributed by atoms with Gasteiger partial charge < -0.3 is 4.90 Å². The van der Waals surface area contributed by atoms with E-state index in [1.807, 2.05) is 0 Å². The van der Waals surface area contributed by atoms with Crippen LogP contribution in [0.25, 0.3) is 0 Å². The van der Waals surface area contributed by atoms with Crippen molar-refractivity contribution in [3.8, 4) is 0 Å². The molecule has 0 fully saturated rings. The molecule has 2 heteroatoms. The van der Waals surface area contributed by atoms with Gasteiger partial charge in [0.1, 0.15) is 0 Å². The van der Waals surface area contributed by atoms with Crippen molar-refractivity contribution < 1.29 is 0 Å². The van der Waals surface area contributed by atoms with Crippen molar-refractivity contribution in [3.05, 3.63) is 64.7 Å². The van der Waals surface area contributed by atoms with Crippen molar-refractivity contribution in [2.24, 2.45) is 0 Å². The predicted octanol–water partition coefficient (Wildman–Crippen LogP) is 4.68.